The van der Waals surface area contributed by atoms with Gasteiger partial charge < -0.3 is 4.74 Å². The first kappa shape index (κ1) is 20.8. The maximum atomic E-state index is 14.3. The Morgan fingerprint density at radius 1 is 1.12 bits per heavy atom. The molecule has 1 saturated heterocycles. The van der Waals surface area contributed by atoms with Crippen LogP contribution in [0.1, 0.15) is 10.5 Å². The Bertz CT molecular complexity index is 1290. The maximum absolute atomic E-state index is 14.3. The van der Waals surface area contributed by atoms with Gasteiger partial charge in [-0.3, -0.25) is 19.6 Å². The predicted octanol–water partition coefficient (Wildman–Crippen LogP) is 3.50. The normalized spacial score (nSPS) is 14.8. The number of fused-ring (bicyclic) bond motifs is 2. The van der Waals surface area contributed by atoms with Gasteiger partial charge in [0.15, 0.2) is 10.9 Å². The number of thiazole rings is 1. The number of nitrogens with zero attached hydrogens (tertiary/aromatic N) is 5. The van der Waals surface area contributed by atoms with E-state index < -0.39 is 17.5 Å². The van der Waals surface area contributed by atoms with Crippen LogP contribution in [-0.4, -0.2) is 65.2 Å². The van der Waals surface area contributed by atoms with Crippen LogP contribution in [0.4, 0.5) is 13.9 Å². The number of morpholine rings is 1. The molecule has 0 radical (unpaired) electrons. The molecule has 1 aliphatic rings. The molecule has 0 unspecified atom stereocenters. The van der Waals surface area contributed by atoms with Gasteiger partial charge in [-0.15, -0.1) is 0 Å². The molecule has 0 bridgehead atoms. The Kier molecular flexibility index (Phi) is 5.73. The topological polar surface area (TPSA) is 71.5 Å². The summed E-state index contributed by atoms with van der Waals surface area (Å²) in [4.78, 5) is 30.2. The third kappa shape index (κ3) is 4.16. The van der Waals surface area contributed by atoms with Gasteiger partial charge in [0.05, 0.1) is 35.1 Å². The van der Waals surface area contributed by atoms with E-state index in [9.17, 15) is 13.6 Å². The Morgan fingerprint density at radius 2 is 1.91 bits per heavy atom. The fourth-order valence-electron chi connectivity index (χ4n) is 3.61. The van der Waals surface area contributed by atoms with Gasteiger partial charge in [-0.05, 0) is 18.2 Å². The monoisotopic (exact) mass is 455 g/mol. The molecule has 0 spiro atoms. The van der Waals surface area contributed by atoms with Gasteiger partial charge in [-0.25, -0.2) is 18.7 Å². The van der Waals surface area contributed by atoms with Crippen LogP contribution in [0.5, 0.6) is 0 Å². The molecule has 0 saturated carbocycles. The highest BCUT2D eigenvalue weighted by atomic mass is 32.1. The lowest BCUT2D eigenvalue weighted by Gasteiger charge is -2.29. The van der Waals surface area contributed by atoms with Crippen molar-refractivity contribution >= 4 is 43.6 Å². The van der Waals surface area contributed by atoms with Gasteiger partial charge in [0, 0.05) is 32.2 Å². The summed E-state index contributed by atoms with van der Waals surface area (Å²) in [6.45, 7) is 3.70. The minimum atomic E-state index is -0.756. The molecule has 1 aliphatic heterocycles. The highest BCUT2D eigenvalue weighted by Crippen LogP contribution is 2.32. The molecule has 32 heavy (non-hydrogen) atoms. The second-order valence-electron chi connectivity index (χ2n) is 7.39. The van der Waals surface area contributed by atoms with E-state index in [4.69, 9.17) is 4.74 Å². The van der Waals surface area contributed by atoms with E-state index in [0.717, 1.165) is 30.5 Å². The van der Waals surface area contributed by atoms with Crippen LogP contribution in [0, 0.1) is 11.6 Å². The standard InChI is InChI=1S/C22H19F2N5O2S/c23-14-11-15(24)20-19(12-14)32-22(27-20)29(6-5-28-7-9-31-10-8-28)21(30)18-13-25-16-3-1-2-4-17(16)26-18/h1-4,11-13H,5-10H2. The number of rotatable bonds is 5. The summed E-state index contributed by atoms with van der Waals surface area (Å²) in [5, 5.41) is 0.290. The first-order valence-electron chi connectivity index (χ1n) is 10.2. The molecule has 164 valence electrons. The van der Waals surface area contributed by atoms with Crippen molar-refractivity contribution in [3.8, 4) is 0 Å². The Labute approximate surface area is 186 Å². The number of halogens is 2. The molecule has 4 aromatic rings. The van der Waals surface area contributed by atoms with Crippen molar-refractivity contribution in [2.75, 3.05) is 44.3 Å². The number of carbonyl (C=O) groups excluding carboxylic acids is 1. The van der Waals surface area contributed by atoms with Crippen molar-refractivity contribution in [1.29, 1.82) is 0 Å². The first-order chi connectivity index (χ1) is 15.6. The van der Waals surface area contributed by atoms with Crippen molar-refractivity contribution in [2.24, 2.45) is 0 Å². The molecule has 7 nitrogen and oxygen atoms in total. The SMILES string of the molecule is O=C(c1cnc2ccccc2n1)N(CCN1CCOCC1)c1nc2c(F)cc(F)cc2s1. The number of anilines is 1. The molecule has 2 aromatic heterocycles. The van der Waals surface area contributed by atoms with Gasteiger partial charge in [-0.1, -0.05) is 23.5 Å². The van der Waals surface area contributed by atoms with E-state index in [1.807, 2.05) is 18.2 Å². The van der Waals surface area contributed by atoms with Crippen LogP contribution >= 0.6 is 11.3 Å². The molecule has 5 rings (SSSR count). The van der Waals surface area contributed by atoms with Crippen molar-refractivity contribution in [1.82, 2.24) is 19.9 Å². The summed E-state index contributed by atoms with van der Waals surface area (Å²) < 4.78 is 33.7. The summed E-state index contributed by atoms with van der Waals surface area (Å²) in [5.41, 5.74) is 1.49. The number of carbonyl (C=O) groups is 1. The van der Waals surface area contributed by atoms with Gasteiger partial charge in [0.25, 0.3) is 5.91 Å². The van der Waals surface area contributed by atoms with Gasteiger partial charge in [0.2, 0.25) is 0 Å². The number of hydrogen-bond donors (Lipinski definition) is 0. The zero-order valence-corrected chi connectivity index (χ0v) is 17.8. The zero-order chi connectivity index (χ0) is 22.1. The smallest absolute Gasteiger partial charge is 0.280 e. The average molecular weight is 455 g/mol. The fraction of sp³-hybridized carbons (Fsp3) is 0.273. The quantitative estimate of drug-likeness (QED) is 0.459. The number of ether oxygens (including phenoxy) is 1. The summed E-state index contributed by atoms with van der Waals surface area (Å²) in [6, 6.07) is 9.29. The lowest BCUT2D eigenvalue weighted by Crippen LogP contribution is -2.43. The van der Waals surface area contributed by atoms with E-state index in [0.29, 0.717) is 42.0 Å². The van der Waals surface area contributed by atoms with E-state index in [2.05, 4.69) is 19.9 Å². The molecule has 3 heterocycles. The highest BCUT2D eigenvalue weighted by molar-refractivity contribution is 7.22. The predicted molar refractivity (Wildman–Crippen MR) is 118 cm³/mol. The van der Waals surface area contributed by atoms with Crippen molar-refractivity contribution < 1.29 is 18.3 Å². The molecule has 1 amide bonds. The Balaban J connectivity index is 1.50. The number of amides is 1. The summed E-state index contributed by atoms with van der Waals surface area (Å²) in [6.07, 6.45) is 1.43. The second kappa shape index (κ2) is 8.81. The second-order valence-corrected chi connectivity index (χ2v) is 8.39. The van der Waals surface area contributed by atoms with Crippen molar-refractivity contribution in [3.05, 3.63) is 59.9 Å². The molecule has 0 aliphatic carbocycles. The van der Waals surface area contributed by atoms with E-state index in [1.165, 1.54) is 17.2 Å². The lowest BCUT2D eigenvalue weighted by molar-refractivity contribution is 0.0391. The van der Waals surface area contributed by atoms with Crippen molar-refractivity contribution in [2.45, 2.75) is 0 Å². The highest BCUT2D eigenvalue weighted by Gasteiger charge is 2.25. The van der Waals surface area contributed by atoms with Crippen LogP contribution in [0.25, 0.3) is 21.3 Å². The van der Waals surface area contributed by atoms with Crippen LogP contribution < -0.4 is 4.90 Å². The molecule has 0 atom stereocenters. The molecular weight excluding hydrogens is 436 g/mol. The summed E-state index contributed by atoms with van der Waals surface area (Å²) in [5.74, 6) is -1.83. The van der Waals surface area contributed by atoms with Crippen LogP contribution in [0.3, 0.4) is 0 Å². The minimum absolute atomic E-state index is 0.0418. The first-order valence-corrected chi connectivity index (χ1v) is 11.0. The van der Waals surface area contributed by atoms with Gasteiger partial charge >= 0.3 is 0 Å². The molecule has 2 aromatic carbocycles. The third-order valence-electron chi connectivity index (χ3n) is 5.29. The maximum Gasteiger partial charge on any atom is 0.280 e. The van der Waals surface area contributed by atoms with E-state index in [1.54, 1.807) is 6.07 Å². The van der Waals surface area contributed by atoms with E-state index in [-0.39, 0.29) is 16.3 Å². The van der Waals surface area contributed by atoms with Crippen LogP contribution in [0.15, 0.2) is 42.6 Å². The van der Waals surface area contributed by atoms with Gasteiger partial charge in [-0.2, -0.15) is 0 Å². The summed E-state index contributed by atoms with van der Waals surface area (Å²) in [7, 11) is 0. The third-order valence-corrected chi connectivity index (χ3v) is 6.31. The lowest BCUT2D eigenvalue weighted by atomic mass is 10.3. The number of benzene rings is 2. The van der Waals surface area contributed by atoms with Crippen molar-refractivity contribution in [3.63, 3.8) is 0 Å². The molecule has 0 N–H and O–H groups in total. The number of para-hydroxylation sites is 2. The zero-order valence-electron chi connectivity index (χ0n) is 17.0. The van der Waals surface area contributed by atoms with Crippen LogP contribution in [-0.2, 0) is 4.74 Å². The number of aromatic nitrogens is 3. The number of hydrogen-bond acceptors (Lipinski definition) is 7. The fourth-order valence-corrected chi connectivity index (χ4v) is 4.64. The van der Waals surface area contributed by atoms with E-state index >= 15 is 0 Å². The largest absolute Gasteiger partial charge is 0.379 e. The Hall–Kier alpha value is -3.08. The van der Waals surface area contributed by atoms with Gasteiger partial charge in [0.1, 0.15) is 17.0 Å². The minimum Gasteiger partial charge on any atom is -0.379 e. The average Bonchev–Trinajstić information content (AvgIpc) is 3.23. The molecule has 10 heteroatoms. The molecule has 1 fully saturated rings. The summed E-state index contributed by atoms with van der Waals surface area (Å²) >= 11 is 1.07. The van der Waals surface area contributed by atoms with Crippen LogP contribution in [0.2, 0.25) is 0 Å². The molecular formula is C22H19F2N5O2S. The Morgan fingerprint density at radius 3 is 2.72 bits per heavy atom.